The summed E-state index contributed by atoms with van der Waals surface area (Å²) in [5, 5.41) is 3.01. The normalized spacial score (nSPS) is 11.6. The van der Waals surface area contributed by atoms with E-state index in [0.717, 1.165) is 33.7 Å². The number of aromatic nitrogens is 2. The highest BCUT2D eigenvalue weighted by molar-refractivity contribution is 5.92. The molecule has 0 atom stereocenters. The molecular weight excluding hydrogens is 370 g/mol. The van der Waals surface area contributed by atoms with Gasteiger partial charge in [0.1, 0.15) is 12.4 Å². The van der Waals surface area contributed by atoms with Gasteiger partial charge in [0.15, 0.2) is 0 Å². The second-order valence-electron chi connectivity index (χ2n) is 8.76. The van der Waals surface area contributed by atoms with Gasteiger partial charge in [0.2, 0.25) is 5.91 Å². The van der Waals surface area contributed by atoms with Gasteiger partial charge in [-0.1, -0.05) is 69.3 Å². The Kier molecular flexibility index (Phi) is 5.17. The minimum Gasteiger partial charge on any atom is -0.325 e. The molecule has 0 spiro atoms. The summed E-state index contributed by atoms with van der Waals surface area (Å²) in [5.41, 5.74) is 6.11. The molecule has 4 nitrogen and oxygen atoms in total. The number of rotatable bonds is 4. The van der Waals surface area contributed by atoms with Crippen molar-refractivity contribution in [3.8, 4) is 11.4 Å². The zero-order valence-electron chi connectivity index (χ0n) is 17.9. The quantitative estimate of drug-likeness (QED) is 0.463. The first kappa shape index (κ1) is 19.9. The number of imidazole rings is 1. The van der Waals surface area contributed by atoms with Crippen LogP contribution in [0.1, 0.15) is 31.9 Å². The fourth-order valence-electron chi connectivity index (χ4n) is 3.64. The number of benzene rings is 3. The van der Waals surface area contributed by atoms with E-state index in [9.17, 15) is 4.79 Å². The zero-order chi connectivity index (χ0) is 21.3. The molecule has 4 aromatic rings. The van der Waals surface area contributed by atoms with E-state index in [2.05, 4.69) is 50.4 Å². The maximum atomic E-state index is 12.8. The lowest BCUT2D eigenvalue weighted by atomic mass is 9.87. The molecule has 4 rings (SSSR count). The van der Waals surface area contributed by atoms with Gasteiger partial charge in [-0.2, -0.15) is 0 Å². The van der Waals surface area contributed by atoms with Crippen LogP contribution in [0.25, 0.3) is 22.4 Å². The molecule has 0 saturated carbocycles. The SMILES string of the molecule is Cc1cccc(NC(=O)Cn2c(-c3ccc(C(C)(C)C)cc3)nc3ccccc32)c1. The molecule has 0 unspecified atom stereocenters. The van der Waals surface area contributed by atoms with E-state index in [0.29, 0.717) is 0 Å². The van der Waals surface area contributed by atoms with Crippen LogP contribution in [0.4, 0.5) is 5.69 Å². The molecule has 0 fully saturated rings. The highest BCUT2D eigenvalue weighted by atomic mass is 16.1. The Labute approximate surface area is 177 Å². The molecule has 1 amide bonds. The maximum absolute atomic E-state index is 12.8. The van der Waals surface area contributed by atoms with Gasteiger partial charge in [-0.3, -0.25) is 4.79 Å². The van der Waals surface area contributed by atoms with E-state index in [-0.39, 0.29) is 17.9 Å². The van der Waals surface area contributed by atoms with Crippen LogP contribution in [-0.4, -0.2) is 15.5 Å². The molecule has 4 heteroatoms. The van der Waals surface area contributed by atoms with E-state index in [1.807, 2.05) is 60.0 Å². The number of hydrogen-bond donors (Lipinski definition) is 1. The monoisotopic (exact) mass is 397 g/mol. The molecule has 0 aliphatic carbocycles. The smallest absolute Gasteiger partial charge is 0.244 e. The van der Waals surface area contributed by atoms with Crippen molar-refractivity contribution in [3.05, 3.63) is 83.9 Å². The Morgan fingerprint density at radius 1 is 0.967 bits per heavy atom. The first-order valence-corrected chi connectivity index (χ1v) is 10.2. The van der Waals surface area contributed by atoms with Gasteiger partial charge >= 0.3 is 0 Å². The van der Waals surface area contributed by atoms with Crippen LogP contribution in [0.5, 0.6) is 0 Å². The van der Waals surface area contributed by atoms with Crippen molar-refractivity contribution in [2.24, 2.45) is 0 Å². The number of fused-ring (bicyclic) bond motifs is 1. The summed E-state index contributed by atoms with van der Waals surface area (Å²) in [6, 6.07) is 24.2. The van der Waals surface area contributed by atoms with E-state index in [1.54, 1.807) is 0 Å². The van der Waals surface area contributed by atoms with E-state index >= 15 is 0 Å². The van der Waals surface area contributed by atoms with Gasteiger partial charge in [0, 0.05) is 11.3 Å². The minimum absolute atomic E-state index is 0.0729. The largest absolute Gasteiger partial charge is 0.325 e. The van der Waals surface area contributed by atoms with Crippen LogP contribution in [0.3, 0.4) is 0 Å². The lowest BCUT2D eigenvalue weighted by molar-refractivity contribution is -0.116. The number of nitrogens with one attached hydrogen (secondary N) is 1. The number of aryl methyl sites for hydroxylation is 1. The average Bonchev–Trinajstić information content (AvgIpc) is 3.06. The van der Waals surface area contributed by atoms with Crippen LogP contribution in [0, 0.1) is 6.92 Å². The predicted octanol–water partition coefficient (Wildman–Crippen LogP) is 5.95. The minimum atomic E-state index is -0.0729. The van der Waals surface area contributed by atoms with Gasteiger partial charge in [-0.15, -0.1) is 0 Å². The van der Waals surface area contributed by atoms with Gasteiger partial charge in [-0.25, -0.2) is 4.98 Å². The van der Waals surface area contributed by atoms with Crippen molar-refractivity contribution in [2.45, 2.75) is 39.7 Å². The van der Waals surface area contributed by atoms with Gasteiger partial charge < -0.3 is 9.88 Å². The standard InChI is InChI=1S/C26H27N3O/c1-18-8-7-9-21(16-18)27-24(30)17-29-23-11-6-5-10-22(23)28-25(29)19-12-14-20(15-13-19)26(2,3)4/h5-16H,17H2,1-4H3,(H,27,30). The third-order valence-corrected chi connectivity index (χ3v) is 5.27. The summed E-state index contributed by atoms with van der Waals surface area (Å²) in [4.78, 5) is 17.7. The molecule has 0 radical (unpaired) electrons. The molecule has 1 N–H and O–H groups in total. The second kappa shape index (κ2) is 7.79. The molecule has 0 saturated heterocycles. The van der Waals surface area contributed by atoms with E-state index in [1.165, 1.54) is 5.56 Å². The van der Waals surface area contributed by atoms with Crippen LogP contribution >= 0.6 is 0 Å². The fraction of sp³-hybridized carbons (Fsp3) is 0.231. The summed E-state index contributed by atoms with van der Waals surface area (Å²) in [7, 11) is 0. The third kappa shape index (κ3) is 4.13. The van der Waals surface area contributed by atoms with Crippen molar-refractivity contribution in [2.75, 3.05) is 5.32 Å². The zero-order valence-corrected chi connectivity index (χ0v) is 17.9. The Hall–Kier alpha value is -3.40. The number of hydrogen-bond acceptors (Lipinski definition) is 2. The summed E-state index contributed by atoms with van der Waals surface area (Å²) in [6.45, 7) is 8.82. The lowest BCUT2D eigenvalue weighted by Crippen LogP contribution is -2.19. The maximum Gasteiger partial charge on any atom is 0.244 e. The number of carbonyl (C=O) groups is 1. The number of para-hydroxylation sites is 2. The topological polar surface area (TPSA) is 46.9 Å². The number of carbonyl (C=O) groups excluding carboxylic acids is 1. The molecule has 1 aromatic heterocycles. The number of nitrogens with zero attached hydrogens (tertiary/aromatic N) is 2. The van der Waals surface area contributed by atoms with Gasteiger partial charge in [-0.05, 0) is 47.7 Å². The molecule has 1 heterocycles. The summed E-state index contributed by atoms with van der Waals surface area (Å²) in [6.07, 6.45) is 0. The van der Waals surface area contributed by atoms with Crippen molar-refractivity contribution in [1.82, 2.24) is 9.55 Å². The molecule has 30 heavy (non-hydrogen) atoms. The highest BCUT2D eigenvalue weighted by Gasteiger charge is 2.17. The fourth-order valence-corrected chi connectivity index (χ4v) is 3.64. The molecule has 152 valence electrons. The number of amides is 1. The second-order valence-corrected chi connectivity index (χ2v) is 8.76. The van der Waals surface area contributed by atoms with Crippen LogP contribution in [0.15, 0.2) is 72.8 Å². The first-order valence-electron chi connectivity index (χ1n) is 10.2. The van der Waals surface area contributed by atoms with Crippen molar-refractivity contribution >= 4 is 22.6 Å². The lowest BCUT2D eigenvalue weighted by Gasteiger charge is -2.19. The molecular formula is C26H27N3O. The summed E-state index contributed by atoms with van der Waals surface area (Å²) in [5.74, 6) is 0.729. The van der Waals surface area contributed by atoms with E-state index < -0.39 is 0 Å². The van der Waals surface area contributed by atoms with Crippen LogP contribution < -0.4 is 5.32 Å². The number of anilines is 1. The molecule has 0 bridgehead atoms. The average molecular weight is 398 g/mol. The molecule has 0 aliphatic rings. The Morgan fingerprint density at radius 2 is 1.70 bits per heavy atom. The first-order chi connectivity index (χ1) is 14.3. The van der Waals surface area contributed by atoms with E-state index in [4.69, 9.17) is 4.98 Å². The third-order valence-electron chi connectivity index (χ3n) is 5.27. The Morgan fingerprint density at radius 3 is 2.40 bits per heavy atom. The Balaban J connectivity index is 1.69. The van der Waals surface area contributed by atoms with Gasteiger partial charge in [0.05, 0.1) is 11.0 Å². The molecule has 0 aliphatic heterocycles. The summed E-state index contributed by atoms with van der Waals surface area (Å²) >= 11 is 0. The predicted molar refractivity (Wildman–Crippen MR) is 124 cm³/mol. The molecule has 3 aromatic carbocycles. The highest BCUT2D eigenvalue weighted by Crippen LogP contribution is 2.28. The van der Waals surface area contributed by atoms with Crippen molar-refractivity contribution in [3.63, 3.8) is 0 Å². The van der Waals surface area contributed by atoms with Gasteiger partial charge in [0.25, 0.3) is 0 Å². The Bertz CT molecular complexity index is 1200. The van der Waals surface area contributed by atoms with Crippen LogP contribution in [0.2, 0.25) is 0 Å². The summed E-state index contributed by atoms with van der Waals surface area (Å²) < 4.78 is 1.99. The van der Waals surface area contributed by atoms with Crippen LogP contribution in [-0.2, 0) is 16.8 Å². The van der Waals surface area contributed by atoms with Crippen molar-refractivity contribution in [1.29, 1.82) is 0 Å². The van der Waals surface area contributed by atoms with Crippen molar-refractivity contribution < 1.29 is 4.79 Å².